The Morgan fingerprint density at radius 1 is 1.31 bits per heavy atom. The van der Waals surface area contributed by atoms with Crippen molar-refractivity contribution in [2.75, 3.05) is 20.1 Å². The standard InChI is InChI=1S/C10H19F3N2O/c1-7(2)5-15(6-10(11,12)13)9(16)8(3)14-4/h7-8,14H,5-6H2,1-4H3. The van der Waals surface area contributed by atoms with Crippen LogP contribution in [0.2, 0.25) is 0 Å². The molecule has 0 aromatic heterocycles. The molecule has 96 valence electrons. The highest BCUT2D eigenvalue weighted by atomic mass is 19.4. The highest BCUT2D eigenvalue weighted by molar-refractivity contribution is 5.81. The zero-order valence-corrected chi connectivity index (χ0v) is 10.1. The van der Waals surface area contributed by atoms with Crippen LogP contribution in [0.5, 0.6) is 0 Å². The Labute approximate surface area is 94.0 Å². The van der Waals surface area contributed by atoms with Crippen molar-refractivity contribution in [2.24, 2.45) is 5.92 Å². The summed E-state index contributed by atoms with van der Waals surface area (Å²) in [5.74, 6) is -0.510. The van der Waals surface area contributed by atoms with Crippen LogP contribution in [0.4, 0.5) is 13.2 Å². The van der Waals surface area contributed by atoms with Gasteiger partial charge < -0.3 is 10.2 Å². The van der Waals surface area contributed by atoms with E-state index in [0.29, 0.717) is 0 Å². The molecular formula is C10H19F3N2O. The second-order valence-corrected chi connectivity index (χ2v) is 4.24. The van der Waals surface area contributed by atoms with Crippen LogP contribution in [0.3, 0.4) is 0 Å². The molecule has 0 radical (unpaired) electrons. The van der Waals surface area contributed by atoms with Gasteiger partial charge in [-0.15, -0.1) is 0 Å². The van der Waals surface area contributed by atoms with Crippen molar-refractivity contribution in [3.63, 3.8) is 0 Å². The Bertz CT molecular complexity index is 229. The van der Waals surface area contributed by atoms with Crippen molar-refractivity contribution in [1.82, 2.24) is 10.2 Å². The quantitative estimate of drug-likeness (QED) is 0.792. The summed E-state index contributed by atoms with van der Waals surface area (Å²) in [4.78, 5) is 12.5. The van der Waals surface area contributed by atoms with Crippen LogP contribution in [0.15, 0.2) is 0 Å². The number of carbonyl (C=O) groups is 1. The molecule has 0 spiro atoms. The number of amides is 1. The van der Waals surface area contributed by atoms with Gasteiger partial charge in [0.25, 0.3) is 0 Å². The maximum Gasteiger partial charge on any atom is 0.406 e. The highest BCUT2D eigenvalue weighted by Gasteiger charge is 2.34. The SMILES string of the molecule is CNC(C)C(=O)N(CC(C)C)CC(F)(F)F. The monoisotopic (exact) mass is 240 g/mol. The smallest absolute Gasteiger partial charge is 0.332 e. The van der Waals surface area contributed by atoms with E-state index in [1.54, 1.807) is 27.8 Å². The van der Waals surface area contributed by atoms with Gasteiger partial charge in [0.05, 0.1) is 6.04 Å². The Kier molecular flexibility index (Phi) is 5.78. The molecule has 0 bridgehead atoms. The summed E-state index contributed by atoms with van der Waals surface area (Å²) >= 11 is 0. The fourth-order valence-corrected chi connectivity index (χ4v) is 1.29. The first-order chi connectivity index (χ1) is 7.17. The third-order valence-electron chi connectivity index (χ3n) is 2.07. The molecule has 1 N–H and O–H groups in total. The Hall–Kier alpha value is -0.780. The molecule has 6 heteroatoms. The van der Waals surface area contributed by atoms with Gasteiger partial charge in [-0.3, -0.25) is 4.79 Å². The summed E-state index contributed by atoms with van der Waals surface area (Å²) in [6.07, 6.45) is -4.35. The van der Waals surface area contributed by atoms with E-state index >= 15 is 0 Å². The number of rotatable bonds is 5. The summed E-state index contributed by atoms with van der Waals surface area (Å²) in [5.41, 5.74) is 0. The minimum Gasteiger partial charge on any atom is -0.332 e. The summed E-state index contributed by atoms with van der Waals surface area (Å²) in [7, 11) is 1.55. The fraction of sp³-hybridized carbons (Fsp3) is 0.900. The summed E-state index contributed by atoms with van der Waals surface area (Å²) in [6.45, 7) is 4.04. The second kappa shape index (κ2) is 6.08. The van der Waals surface area contributed by atoms with Crippen LogP contribution in [0.25, 0.3) is 0 Å². The minimum absolute atomic E-state index is 0.00959. The van der Waals surface area contributed by atoms with Crippen LogP contribution in [0, 0.1) is 5.92 Å². The fourth-order valence-electron chi connectivity index (χ4n) is 1.29. The molecule has 3 nitrogen and oxygen atoms in total. The van der Waals surface area contributed by atoms with Gasteiger partial charge in [-0.05, 0) is 19.9 Å². The van der Waals surface area contributed by atoms with Crippen LogP contribution >= 0.6 is 0 Å². The lowest BCUT2D eigenvalue weighted by atomic mass is 10.2. The van der Waals surface area contributed by atoms with E-state index in [1.807, 2.05) is 0 Å². The van der Waals surface area contributed by atoms with Crippen LogP contribution < -0.4 is 5.32 Å². The molecular weight excluding hydrogens is 221 g/mol. The van der Waals surface area contributed by atoms with Gasteiger partial charge in [-0.2, -0.15) is 13.2 Å². The molecule has 0 saturated heterocycles. The molecule has 0 rings (SSSR count). The first-order valence-corrected chi connectivity index (χ1v) is 5.20. The average Bonchev–Trinajstić information content (AvgIpc) is 2.11. The van der Waals surface area contributed by atoms with Crippen LogP contribution in [0.1, 0.15) is 20.8 Å². The molecule has 16 heavy (non-hydrogen) atoms. The van der Waals surface area contributed by atoms with Gasteiger partial charge in [0.15, 0.2) is 0 Å². The van der Waals surface area contributed by atoms with Crippen molar-refractivity contribution in [3.05, 3.63) is 0 Å². The van der Waals surface area contributed by atoms with Crippen molar-refractivity contribution in [1.29, 1.82) is 0 Å². The number of halogens is 3. The predicted octanol–water partition coefficient (Wildman–Crippen LogP) is 1.64. The molecule has 0 aliphatic rings. The van der Waals surface area contributed by atoms with Crippen molar-refractivity contribution < 1.29 is 18.0 Å². The van der Waals surface area contributed by atoms with E-state index in [1.165, 1.54) is 0 Å². The number of hydrogen-bond donors (Lipinski definition) is 1. The highest BCUT2D eigenvalue weighted by Crippen LogP contribution is 2.17. The normalized spacial score (nSPS) is 14.0. The van der Waals surface area contributed by atoms with E-state index in [2.05, 4.69) is 5.32 Å². The first-order valence-electron chi connectivity index (χ1n) is 5.20. The molecule has 1 atom stereocenters. The van der Waals surface area contributed by atoms with Gasteiger partial charge in [-0.1, -0.05) is 13.8 Å². The van der Waals surface area contributed by atoms with Crippen molar-refractivity contribution in [3.8, 4) is 0 Å². The molecule has 0 saturated carbocycles. The number of alkyl halides is 3. The first kappa shape index (κ1) is 15.2. The Morgan fingerprint density at radius 3 is 2.12 bits per heavy atom. The number of nitrogens with zero attached hydrogens (tertiary/aromatic N) is 1. The molecule has 0 aromatic carbocycles. The molecule has 0 fully saturated rings. The average molecular weight is 240 g/mol. The number of likely N-dealkylation sites (N-methyl/N-ethyl adjacent to an activating group) is 1. The van der Waals surface area contributed by atoms with Gasteiger partial charge in [0.2, 0.25) is 5.91 Å². The van der Waals surface area contributed by atoms with E-state index in [9.17, 15) is 18.0 Å². The molecule has 0 heterocycles. The van der Waals surface area contributed by atoms with Crippen LogP contribution in [-0.4, -0.2) is 43.2 Å². The van der Waals surface area contributed by atoms with E-state index in [-0.39, 0.29) is 12.5 Å². The Morgan fingerprint density at radius 2 is 1.81 bits per heavy atom. The third-order valence-corrected chi connectivity index (χ3v) is 2.07. The van der Waals surface area contributed by atoms with E-state index in [0.717, 1.165) is 4.90 Å². The molecule has 0 aliphatic carbocycles. The van der Waals surface area contributed by atoms with Gasteiger partial charge in [0.1, 0.15) is 6.54 Å². The maximum absolute atomic E-state index is 12.3. The lowest BCUT2D eigenvalue weighted by Crippen LogP contribution is -2.48. The lowest BCUT2D eigenvalue weighted by molar-refractivity contribution is -0.163. The van der Waals surface area contributed by atoms with E-state index in [4.69, 9.17) is 0 Å². The molecule has 1 amide bonds. The van der Waals surface area contributed by atoms with Gasteiger partial charge >= 0.3 is 6.18 Å². The molecule has 1 unspecified atom stereocenters. The predicted molar refractivity (Wildman–Crippen MR) is 56.0 cm³/mol. The van der Waals surface area contributed by atoms with Crippen molar-refractivity contribution >= 4 is 5.91 Å². The van der Waals surface area contributed by atoms with Gasteiger partial charge in [0, 0.05) is 6.54 Å². The number of carbonyl (C=O) groups excluding carboxylic acids is 1. The van der Waals surface area contributed by atoms with Crippen molar-refractivity contribution in [2.45, 2.75) is 33.0 Å². The van der Waals surface area contributed by atoms with E-state index < -0.39 is 24.7 Å². The number of hydrogen-bond acceptors (Lipinski definition) is 2. The summed E-state index contributed by atoms with van der Waals surface area (Å²) in [6, 6.07) is -0.596. The summed E-state index contributed by atoms with van der Waals surface area (Å²) in [5, 5.41) is 2.65. The number of nitrogens with one attached hydrogen (secondary N) is 1. The lowest BCUT2D eigenvalue weighted by Gasteiger charge is -2.28. The molecule has 0 aliphatic heterocycles. The topological polar surface area (TPSA) is 32.3 Å². The summed E-state index contributed by atoms with van der Waals surface area (Å²) < 4.78 is 36.8. The largest absolute Gasteiger partial charge is 0.406 e. The molecule has 0 aromatic rings. The minimum atomic E-state index is -4.35. The second-order valence-electron chi connectivity index (χ2n) is 4.24. The van der Waals surface area contributed by atoms with Gasteiger partial charge in [-0.25, -0.2) is 0 Å². The van der Waals surface area contributed by atoms with Crippen LogP contribution in [-0.2, 0) is 4.79 Å². The Balaban J connectivity index is 4.60. The zero-order valence-electron chi connectivity index (χ0n) is 10.1. The maximum atomic E-state index is 12.3. The zero-order chi connectivity index (χ0) is 12.9. The third kappa shape index (κ3) is 5.95.